The van der Waals surface area contributed by atoms with E-state index in [1.807, 2.05) is 0 Å². The van der Waals surface area contributed by atoms with Gasteiger partial charge >= 0.3 is 0 Å². The Morgan fingerprint density at radius 3 is 1.63 bits per heavy atom. The number of benzene rings is 1. The number of quaternary nitrogens is 1. The number of nitrogens with zero attached hydrogens (tertiary/aromatic N) is 3. The van der Waals surface area contributed by atoms with Gasteiger partial charge < -0.3 is 57.3 Å². The standard InChI is InChI=1S/C30H45N3.2HI/c1-6-32(7-2)30-20-18-28(19-21-30)16-13-11-12-14-17-29-22-25-31(26-23-29)24-15-27-33(8-3,9-4)10-5;;/h11-14,16-23,25-26H,6-10,15,24,27H2,1-5H3;2*1H/q+2;;/p-2. The molecule has 1 heterocycles. The first-order valence-electron chi connectivity index (χ1n) is 12.8. The molecule has 0 aliphatic heterocycles. The average Bonchev–Trinajstić information content (AvgIpc) is 2.87. The van der Waals surface area contributed by atoms with Gasteiger partial charge in [0.15, 0.2) is 18.9 Å². The third-order valence-electron chi connectivity index (χ3n) is 6.91. The highest BCUT2D eigenvalue weighted by molar-refractivity contribution is 5.57. The number of pyridine rings is 1. The van der Waals surface area contributed by atoms with Gasteiger partial charge in [-0.3, -0.25) is 0 Å². The largest absolute Gasteiger partial charge is 1.00 e. The van der Waals surface area contributed by atoms with Crippen molar-refractivity contribution in [2.75, 3.05) is 44.2 Å². The fourth-order valence-electron chi connectivity index (χ4n) is 4.31. The Labute approximate surface area is 249 Å². The van der Waals surface area contributed by atoms with Gasteiger partial charge in [0.2, 0.25) is 0 Å². The predicted molar refractivity (Wildman–Crippen MR) is 145 cm³/mol. The summed E-state index contributed by atoms with van der Waals surface area (Å²) in [5, 5.41) is 0. The zero-order valence-electron chi connectivity index (χ0n) is 22.3. The van der Waals surface area contributed by atoms with Crippen LogP contribution in [0.15, 0.2) is 73.1 Å². The molecule has 1 aromatic heterocycles. The highest BCUT2D eigenvalue weighted by Crippen LogP contribution is 2.15. The summed E-state index contributed by atoms with van der Waals surface area (Å²) < 4.78 is 3.53. The molecule has 0 fully saturated rings. The van der Waals surface area contributed by atoms with Gasteiger partial charge in [-0.2, -0.15) is 0 Å². The van der Waals surface area contributed by atoms with Crippen molar-refractivity contribution in [2.24, 2.45) is 0 Å². The van der Waals surface area contributed by atoms with Gasteiger partial charge in [-0.25, -0.2) is 4.57 Å². The minimum absolute atomic E-state index is 0. The maximum atomic E-state index is 2.36. The van der Waals surface area contributed by atoms with Crippen molar-refractivity contribution in [3.63, 3.8) is 0 Å². The predicted octanol–water partition coefficient (Wildman–Crippen LogP) is 0.378. The zero-order valence-corrected chi connectivity index (χ0v) is 26.7. The normalized spacial score (nSPS) is 11.7. The summed E-state index contributed by atoms with van der Waals surface area (Å²) in [7, 11) is 0. The maximum Gasteiger partial charge on any atom is 0.169 e. The highest BCUT2D eigenvalue weighted by atomic mass is 127. The number of allylic oxidation sites excluding steroid dienone is 4. The minimum atomic E-state index is 0. The van der Waals surface area contributed by atoms with Crippen LogP contribution < -0.4 is 57.4 Å². The Morgan fingerprint density at radius 1 is 0.686 bits per heavy atom. The smallest absolute Gasteiger partial charge is 0.169 e. The van der Waals surface area contributed by atoms with Crippen molar-refractivity contribution < 1.29 is 57.0 Å². The van der Waals surface area contributed by atoms with E-state index in [1.165, 1.54) is 53.9 Å². The van der Waals surface area contributed by atoms with Crippen LogP contribution in [-0.2, 0) is 6.54 Å². The van der Waals surface area contributed by atoms with E-state index in [-0.39, 0.29) is 48.0 Å². The van der Waals surface area contributed by atoms with Crippen molar-refractivity contribution in [2.45, 2.75) is 47.6 Å². The molecule has 5 heteroatoms. The molecule has 0 spiro atoms. The monoisotopic (exact) mass is 701 g/mol. The molecule has 0 amide bonds. The van der Waals surface area contributed by atoms with Gasteiger partial charge in [0.05, 0.1) is 32.6 Å². The lowest BCUT2D eigenvalue weighted by Gasteiger charge is -2.35. The van der Waals surface area contributed by atoms with Gasteiger partial charge in [0, 0.05) is 30.9 Å². The molecule has 0 aliphatic carbocycles. The summed E-state index contributed by atoms with van der Waals surface area (Å²) in [5.74, 6) is 0. The topological polar surface area (TPSA) is 7.12 Å². The molecule has 1 aromatic carbocycles. The van der Waals surface area contributed by atoms with E-state index >= 15 is 0 Å². The Hall–Kier alpha value is -1.19. The Balaban J connectivity index is 0.00000578. The number of hydrogen-bond donors (Lipinski definition) is 0. The van der Waals surface area contributed by atoms with E-state index in [4.69, 9.17) is 0 Å². The second-order valence-corrected chi connectivity index (χ2v) is 8.60. The third kappa shape index (κ3) is 11.6. The second-order valence-electron chi connectivity index (χ2n) is 8.60. The molecule has 194 valence electrons. The van der Waals surface area contributed by atoms with Crippen LogP contribution >= 0.6 is 0 Å². The Kier molecular flexibility index (Phi) is 18.3. The first kappa shape index (κ1) is 33.8. The van der Waals surface area contributed by atoms with E-state index in [0.29, 0.717) is 0 Å². The number of anilines is 1. The average molecular weight is 702 g/mol. The third-order valence-corrected chi connectivity index (χ3v) is 6.91. The molecule has 0 radical (unpaired) electrons. The summed E-state index contributed by atoms with van der Waals surface area (Å²) >= 11 is 0. The van der Waals surface area contributed by atoms with Crippen molar-refractivity contribution in [3.05, 3.63) is 84.2 Å². The van der Waals surface area contributed by atoms with Gasteiger partial charge in [0.1, 0.15) is 0 Å². The van der Waals surface area contributed by atoms with Crippen LogP contribution in [0.5, 0.6) is 0 Å². The van der Waals surface area contributed by atoms with E-state index < -0.39 is 0 Å². The molecule has 0 saturated heterocycles. The van der Waals surface area contributed by atoms with Gasteiger partial charge in [0.25, 0.3) is 0 Å². The van der Waals surface area contributed by atoms with E-state index in [0.717, 1.165) is 19.6 Å². The van der Waals surface area contributed by atoms with E-state index in [1.54, 1.807) is 0 Å². The lowest BCUT2D eigenvalue weighted by Crippen LogP contribution is -3.00. The fraction of sp³-hybridized carbons (Fsp3) is 0.433. The molecule has 2 rings (SSSR count). The summed E-state index contributed by atoms with van der Waals surface area (Å²) in [6, 6.07) is 13.1. The van der Waals surface area contributed by atoms with Crippen molar-refractivity contribution in [1.82, 2.24) is 0 Å². The first-order chi connectivity index (χ1) is 16.1. The Bertz CT molecular complexity index is 871. The fourth-order valence-corrected chi connectivity index (χ4v) is 4.31. The molecule has 2 aromatic rings. The molecule has 0 atom stereocenters. The van der Waals surface area contributed by atoms with Crippen LogP contribution in [0.25, 0.3) is 12.2 Å². The number of aryl methyl sites for hydroxylation is 1. The van der Waals surface area contributed by atoms with Crippen molar-refractivity contribution in [3.8, 4) is 0 Å². The van der Waals surface area contributed by atoms with Crippen LogP contribution in [-0.4, -0.2) is 43.8 Å². The number of aromatic nitrogens is 1. The van der Waals surface area contributed by atoms with E-state index in [9.17, 15) is 0 Å². The molecular weight excluding hydrogens is 656 g/mol. The molecule has 0 bridgehead atoms. The van der Waals surface area contributed by atoms with Gasteiger partial charge in [-0.15, -0.1) is 0 Å². The zero-order chi connectivity index (χ0) is 23.9. The molecule has 0 N–H and O–H groups in total. The number of halogens is 2. The maximum absolute atomic E-state index is 2.36. The van der Waals surface area contributed by atoms with Crippen LogP contribution in [0, 0.1) is 0 Å². The van der Waals surface area contributed by atoms with Crippen LogP contribution in [0.3, 0.4) is 0 Å². The van der Waals surface area contributed by atoms with Crippen LogP contribution in [0.2, 0.25) is 0 Å². The quantitative estimate of drug-likeness (QED) is 0.120. The van der Waals surface area contributed by atoms with Gasteiger partial charge in [-0.05, 0) is 57.9 Å². The molecule has 0 aliphatic rings. The lowest BCUT2D eigenvalue weighted by atomic mass is 10.1. The number of hydrogen-bond acceptors (Lipinski definition) is 1. The van der Waals surface area contributed by atoms with Crippen LogP contribution in [0.4, 0.5) is 5.69 Å². The molecule has 35 heavy (non-hydrogen) atoms. The summed E-state index contributed by atoms with van der Waals surface area (Å²) in [6.45, 7) is 19.5. The first-order valence-corrected chi connectivity index (χ1v) is 12.8. The summed E-state index contributed by atoms with van der Waals surface area (Å²) in [4.78, 5) is 2.36. The Morgan fingerprint density at radius 2 is 1.17 bits per heavy atom. The van der Waals surface area contributed by atoms with E-state index in [2.05, 4.69) is 129 Å². The van der Waals surface area contributed by atoms with Crippen molar-refractivity contribution in [1.29, 1.82) is 0 Å². The minimum Gasteiger partial charge on any atom is -1.00 e. The highest BCUT2D eigenvalue weighted by Gasteiger charge is 2.20. The second kappa shape index (κ2) is 19.0. The molecular formula is C30H45I2N3. The summed E-state index contributed by atoms with van der Waals surface area (Å²) in [5.41, 5.74) is 3.74. The molecule has 3 nitrogen and oxygen atoms in total. The van der Waals surface area contributed by atoms with Crippen LogP contribution in [0.1, 0.15) is 52.2 Å². The molecule has 0 unspecified atom stereocenters. The lowest BCUT2D eigenvalue weighted by molar-refractivity contribution is -0.925. The van der Waals surface area contributed by atoms with Gasteiger partial charge in [-0.1, -0.05) is 48.6 Å². The summed E-state index contributed by atoms with van der Waals surface area (Å²) in [6.07, 6.45) is 18.3. The van der Waals surface area contributed by atoms with Crippen molar-refractivity contribution >= 4 is 17.8 Å². The SMILES string of the molecule is CCN(CC)c1ccc(/C=C/C=C/C=C/c2cc[n+](CCC[N+](CC)(CC)CC)cc2)cc1.[I-].[I-]. The number of rotatable bonds is 14. The molecule has 0 saturated carbocycles.